The molecule has 126 valence electrons. The molecule has 1 saturated heterocycles. The lowest BCUT2D eigenvalue weighted by molar-refractivity contribution is -0.143. The summed E-state index contributed by atoms with van der Waals surface area (Å²) < 4.78 is 4.59. The monoisotopic (exact) mass is 318 g/mol. The van der Waals surface area contributed by atoms with Crippen LogP contribution in [0.2, 0.25) is 0 Å². The van der Waals surface area contributed by atoms with E-state index in [1.807, 2.05) is 4.90 Å². The number of aryl methyl sites for hydroxylation is 2. The van der Waals surface area contributed by atoms with E-state index in [1.165, 1.54) is 18.2 Å². The summed E-state index contributed by atoms with van der Waals surface area (Å²) in [5.41, 5.74) is 3.64. The number of hydrogen-bond acceptors (Lipinski definition) is 4. The lowest BCUT2D eigenvalue weighted by Gasteiger charge is -2.34. The Labute approximate surface area is 138 Å². The molecule has 1 N–H and O–H groups in total. The number of benzene rings is 1. The largest absolute Gasteiger partial charge is 0.469 e. The van der Waals surface area contributed by atoms with Crippen molar-refractivity contribution in [2.45, 2.75) is 45.6 Å². The fraction of sp³-hybridized carbons (Fsp3) is 0.556. The lowest BCUT2D eigenvalue weighted by Crippen LogP contribution is -2.45. The van der Waals surface area contributed by atoms with E-state index in [2.05, 4.69) is 42.1 Å². The minimum atomic E-state index is -0.333. The molecule has 1 atom stereocenters. The molecule has 2 rings (SSSR count). The van der Waals surface area contributed by atoms with Crippen LogP contribution in [0.15, 0.2) is 18.2 Å². The van der Waals surface area contributed by atoms with Crippen LogP contribution < -0.4 is 5.32 Å². The molecule has 1 aromatic rings. The van der Waals surface area contributed by atoms with Gasteiger partial charge in [-0.25, -0.2) is 0 Å². The number of piperidine rings is 1. The van der Waals surface area contributed by atoms with Crippen LogP contribution in [-0.2, 0) is 14.3 Å². The van der Waals surface area contributed by atoms with Crippen molar-refractivity contribution in [3.63, 3.8) is 0 Å². The van der Waals surface area contributed by atoms with Gasteiger partial charge in [0.2, 0.25) is 5.91 Å². The quantitative estimate of drug-likeness (QED) is 0.848. The maximum Gasteiger partial charge on any atom is 0.306 e. The normalized spacial score (nSPS) is 17.7. The molecule has 1 heterocycles. The highest BCUT2D eigenvalue weighted by Crippen LogP contribution is 2.19. The third kappa shape index (κ3) is 4.98. The second-order valence-corrected chi connectivity index (χ2v) is 6.20. The standard InChI is InChI=1S/C18H26N2O3/c1-13-6-7-15(11-14(13)2)19-16-5-4-10-20(12-16)17(21)8-9-18(22)23-3/h6-7,11,16,19H,4-5,8-10,12H2,1-3H3/t16-/m1/s1. The van der Waals surface area contributed by atoms with Gasteiger partial charge in [0.25, 0.3) is 0 Å². The summed E-state index contributed by atoms with van der Waals surface area (Å²) in [5, 5.41) is 3.52. The van der Waals surface area contributed by atoms with Crippen LogP contribution in [0.5, 0.6) is 0 Å². The van der Waals surface area contributed by atoms with Gasteiger partial charge in [-0.15, -0.1) is 0 Å². The first-order valence-electron chi connectivity index (χ1n) is 8.18. The van der Waals surface area contributed by atoms with E-state index < -0.39 is 0 Å². The summed E-state index contributed by atoms with van der Waals surface area (Å²) in [5.74, 6) is -0.304. The average molecular weight is 318 g/mol. The Balaban J connectivity index is 1.88. The van der Waals surface area contributed by atoms with Gasteiger partial charge >= 0.3 is 5.97 Å². The van der Waals surface area contributed by atoms with E-state index in [-0.39, 0.29) is 30.8 Å². The highest BCUT2D eigenvalue weighted by molar-refractivity contribution is 5.81. The summed E-state index contributed by atoms with van der Waals surface area (Å²) in [6.07, 6.45) is 2.41. The van der Waals surface area contributed by atoms with Crippen molar-refractivity contribution in [3.8, 4) is 0 Å². The number of hydrogen-bond donors (Lipinski definition) is 1. The van der Waals surface area contributed by atoms with Gasteiger partial charge in [0, 0.05) is 31.2 Å². The number of amides is 1. The van der Waals surface area contributed by atoms with Crippen LogP contribution in [0.3, 0.4) is 0 Å². The molecule has 0 unspecified atom stereocenters. The maximum absolute atomic E-state index is 12.2. The molecule has 1 aromatic carbocycles. The second kappa shape index (κ2) is 7.99. The predicted molar refractivity (Wildman–Crippen MR) is 90.4 cm³/mol. The molecule has 1 amide bonds. The van der Waals surface area contributed by atoms with Crippen LogP contribution in [0.4, 0.5) is 5.69 Å². The van der Waals surface area contributed by atoms with Gasteiger partial charge in [-0.3, -0.25) is 9.59 Å². The SMILES string of the molecule is COC(=O)CCC(=O)N1CCC[C@@H](Nc2ccc(C)c(C)c2)C1. The molecule has 5 nitrogen and oxygen atoms in total. The fourth-order valence-corrected chi connectivity index (χ4v) is 2.86. The smallest absolute Gasteiger partial charge is 0.306 e. The van der Waals surface area contributed by atoms with E-state index >= 15 is 0 Å². The van der Waals surface area contributed by atoms with Crippen molar-refractivity contribution in [1.82, 2.24) is 4.90 Å². The number of anilines is 1. The van der Waals surface area contributed by atoms with Crippen LogP contribution >= 0.6 is 0 Å². The summed E-state index contributed by atoms with van der Waals surface area (Å²) in [4.78, 5) is 25.2. The van der Waals surface area contributed by atoms with Gasteiger partial charge in [0.15, 0.2) is 0 Å². The molecular formula is C18H26N2O3. The molecule has 0 aromatic heterocycles. The molecule has 5 heteroatoms. The van der Waals surface area contributed by atoms with Crippen LogP contribution in [0, 0.1) is 13.8 Å². The van der Waals surface area contributed by atoms with Gasteiger partial charge in [0.05, 0.1) is 13.5 Å². The highest BCUT2D eigenvalue weighted by atomic mass is 16.5. The molecule has 0 bridgehead atoms. The molecule has 0 aliphatic carbocycles. The molecule has 1 fully saturated rings. The van der Waals surface area contributed by atoms with Crippen LogP contribution in [-0.4, -0.2) is 43.0 Å². The van der Waals surface area contributed by atoms with Crippen molar-refractivity contribution in [3.05, 3.63) is 29.3 Å². The number of rotatable bonds is 5. The Morgan fingerprint density at radius 2 is 2.04 bits per heavy atom. The molecular weight excluding hydrogens is 292 g/mol. The minimum absolute atomic E-state index is 0.0296. The Hall–Kier alpha value is -2.04. The first-order valence-corrected chi connectivity index (χ1v) is 8.18. The van der Waals surface area contributed by atoms with E-state index in [0.717, 1.165) is 25.1 Å². The van der Waals surface area contributed by atoms with Gasteiger partial charge < -0.3 is 15.0 Å². The van der Waals surface area contributed by atoms with Crippen molar-refractivity contribution < 1.29 is 14.3 Å². The van der Waals surface area contributed by atoms with Gasteiger partial charge in [-0.05, 0) is 49.9 Å². The van der Waals surface area contributed by atoms with Crippen molar-refractivity contribution in [2.75, 3.05) is 25.5 Å². The molecule has 0 radical (unpaired) electrons. The second-order valence-electron chi connectivity index (χ2n) is 6.20. The van der Waals surface area contributed by atoms with Crippen molar-refractivity contribution in [1.29, 1.82) is 0 Å². The summed E-state index contributed by atoms with van der Waals surface area (Å²) in [7, 11) is 1.34. The van der Waals surface area contributed by atoms with Gasteiger partial charge in [-0.1, -0.05) is 6.07 Å². The molecule has 1 aliphatic rings. The van der Waals surface area contributed by atoms with Crippen LogP contribution in [0.25, 0.3) is 0 Å². The highest BCUT2D eigenvalue weighted by Gasteiger charge is 2.23. The maximum atomic E-state index is 12.2. The van der Waals surface area contributed by atoms with Crippen molar-refractivity contribution >= 4 is 17.6 Å². The van der Waals surface area contributed by atoms with Gasteiger partial charge in [0.1, 0.15) is 0 Å². The summed E-state index contributed by atoms with van der Waals surface area (Å²) in [6, 6.07) is 6.60. The third-order valence-corrected chi connectivity index (χ3v) is 4.42. The zero-order chi connectivity index (χ0) is 16.8. The number of nitrogens with one attached hydrogen (secondary N) is 1. The zero-order valence-corrected chi connectivity index (χ0v) is 14.2. The Kier molecular flexibility index (Phi) is 6.02. The van der Waals surface area contributed by atoms with Crippen LogP contribution in [0.1, 0.15) is 36.8 Å². The van der Waals surface area contributed by atoms with E-state index in [4.69, 9.17) is 0 Å². The number of carbonyl (C=O) groups excluding carboxylic acids is 2. The molecule has 1 aliphatic heterocycles. The molecule has 23 heavy (non-hydrogen) atoms. The van der Waals surface area contributed by atoms with E-state index in [1.54, 1.807) is 0 Å². The number of methoxy groups -OCH3 is 1. The topological polar surface area (TPSA) is 58.6 Å². The summed E-state index contributed by atoms with van der Waals surface area (Å²) >= 11 is 0. The number of likely N-dealkylation sites (tertiary alicyclic amines) is 1. The predicted octanol–water partition coefficient (Wildman–Crippen LogP) is 2.66. The molecule has 0 spiro atoms. The fourth-order valence-electron chi connectivity index (χ4n) is 2.86. The first kappa shape index (κ1) is 17.3. The first-order chi connectivity index (χ1) is 11.0. The average Bonchev–Trinajstić information content (AvgIpc) is 2.56. The van der Waals surface area contributed by atoms with Crippen molar-refractivity contribution in [2.24, 2.45) is 0 Å². The number of carbonyl (C=O) groups is 2. The van der Waals surface area contributed by atoms with E-state index in [0.29, 0.717) is 6.54 Å². The number of ether oxygens (including phenoxy) is 1. The Bertz CT molecular complexity index is 571. The molecule has 0 saturated carbocycles. The van der Waals surface area contributed by atoms with E-state index in [9.17, 15) is 9.59 Å². The Morgan fingerprint density at radius 3 is 2.74 bits per heavy atom. The minimum Gasteiger partial charge on any atom is -0.469 e. The Morgan fingerprint density at radius 1 is 1.26 bits per heavy atom. The number of esters is 1. The zero-order valence-electron chi connectivity index (χ0n) is 14.2. The lowest BCUT2D eigenvalue weighted by atomic mass is 10.0. The third-order valence-electron chi connectivity index (χ3n) is 4.42. The summed E-state index contributed by atoms with van der Waals surface area (Å²) in [6.45, 7) is 5.66. The van der Waals surface area contributed by atoms with Gasteiger partial charge in [-0.2, -0.15) is 0 Å². The number of nitrogens with zero attached hydrogens (tertiary/aromatic N) is 1.